The zero-order valence-corrected chi connectivity index (χ0v) is 15.5. The van der Waals surface area contributed by atoms with Crippen LogP contribution in [0.4, 0.5) is 5.69 Å². The Labute approximate surface area is 151 Å². The van der Waals surface area contributed by atoms with Crippen molar-refractivity contribution in [3.63, 3.8) is 0 Å². The van der Waals surface area contributed by atoms with E-state index in [1.807, 2.05) is 24.3 Å². The molecule has 0 saturated carbocycles. The number of rotatable bonds is 5. The van der Waals surface area contributed by atoms with Gasteiger partial charge in [0.2, 0.25) is 0 Å². The fourth-order valence-electron chi connectivity index (χ4n) is 1.70. The molecule has 0 bridgehead atoms. The molecule has 0 spiro atoms. The van der Waals surface area contributed by atoms with Gasteiger partial charge in [-0.25, -0.2) is 5.43 Å². The number of ether oxygens (including phenoxy) is 1. The average molecular weight is 441 g/mol. The third-order valence-corrected chi connectivity index (χ3v) is 4.04. The van der Waals surface area contributed by atoms with Crippen molar-refractivity contribution in [1.82, 2.24) is 5.43 Å². The second-order valence-electron chi connectivity index (χ2n) is 4.72. The second-order valence-corrected chi connectivity index (χ2v) is 6.49. The Morgan fingerprint density at radius 1 is 1.22 bits per heavy atom. The summed E-state index contributed by atoms with van der Waals surface area (Å²) in [5, 5.41) is 4.05. The highest BCUT2D eigenvalue weighted by Gasteiger charge is 2.06. The summed E-state index contributed by atoms with van der Waals surface area (Å²) in [4.78, 5) is 11.8. The van der Waals surface area contributed by atoms with Crippen molar-refractivity contribution in [1.29, 1.82) is 0 Å². The number of nitrogens with one attached hydrogen (secondary N) is 1. The van der Waals surface area contributed by atoms with Gasteiger partial charge in [0.1, 0.15) is 5.75 Å². The van der Waals surface area contributed by atoms with Gasteiger partial charge in [-0.1, -0.05) is 28.1 Å². The second kappa shape index (κ2) is 8.12. The van der Waals surface area contributed by atoms with Gasteiger partial charge in [-0.15, -0.1) is 0 Å². The molecule has 0 atom stereocenters. The van der Waals surface area contributed by atoms with Crippen LogP contribution in [-0.4, -0.2) is 18.2 Å². The number of carbonyl (C=O) groups excluding carboxylic acids is 1. The lowest BCUT2D eigenvalue weighted by Gasteiger charge is -2.08. The molecule has 0 heterocycles. The van der Waals surface area contributed by atoms with E-state index in [1.54, 1.807) is 25.1 Å². The number of hydrogen-bond donors (Lipinski definition) is 2. The quantitative estimate of drug-likeness (QED) is 0.422. The van der Waals surface area contributed by atoms with Crippen LogP contribution in [-0.2, 0) is 4.79 Å². The lowest BCUT2D eigenvalue weighted by Crippen LogP contribution is -2.25. The molecule has 0 aliphatic rings. The molecule has 0 fully saturated rings. The van der Waals surface area contributed by atoms with Crippen molar-refractivity contribution < 1.29 is 9.53 Å². The van der Waals surface area contributed by atoms with Gasteiger partial charge < -0.3 is 10.5 Å². The summed E-state index contributed by atoms with van der Waals surface area (Å²) in [5.74, 6) is 0.247. The molecule has 2 aromatic carbocycles. The third kappa shape index (κ3) is 5.37. The average Bonchev–Trinajstić information content (AvgIpc) is 2.52. The van der Waals surface area contributed by atoms with Crippen LogP contribution in [0.5, 0.6) is 5.75 Å². The Kier molecular flexibility index (Phi) is 6.18. The molecule has 0 aromatic heterocycles. The first-order valence-electron chi connectivity index (χ1n) is 6.72. The largest absolute Gasteiger partial charge is 0.483 e. The van der Waals surface area contributed by atoms with E-state index in [4.69, 9.17) is 10.5 Å². The molecule has 7 heteroatoms. The van der Waals surface area contributed by atoms with E-state index in [-0.39, 0.29) is 12.5 Å². The van der Waals surface area contributed by atoms with E-state index in [9.17, 15) is 4.79 Å². The van der Waals surface area contributed by atoms with Gasteiger partial charge in [0.15, 0.2) is 6.61 Å². The SMILES string of the molecule is CC(=NNC(=O)COc1ccc(Br)cc1Br)c1ccc(N)cc1. The maximum atomic E-state index is 11.8. The predicted octanol–water partition coefficient (Wildman–Crippen LogP) is 3.71. The van der Waals surface area contributed by atoms with E-state index < -0.39 is 0 Å². The maximum Gasteiger partial charge on any atom is 0.277 e. The number of hydrogen-bond acceptors (Lipinski definition) is 4. The monoisotopic (exact) mass is 439 g/mol. The molecule has 0 unspecified atom stereocenters. The first-order valence-corrected chi connectivity index (χ1v) is 8.31. The Morgan fingerprint density at radius 3 is 2.57 bits per heavy atom. The van der Waals surface area contributed by atoms with Crippen molar-refractivity contribution >= 4 is 49.2 Å². The van der Waals surface area contributed by atoms with Crippen molar-refractivity contribution in [2.75, 3.05) is 12.3 Å². The molecule has 3 N–H and O–H groups in total. The number of hydrazone groups is 1. The number of benzene rings is 2. The highest BCUT2D eigenvalue weighted by Crippen LogP contribution is 2.28. The molecule has 0 aliphatic carbocycles. The smallest absolute Gasteiger partial charge is 0.277 e. The normalized spacial score (nSPS) is 11.2. The van der Waals surface area contributed by atoms with Gasteiger partial charge in [0, 0.05) is 10.2 Å². The van der Waals surface area contributed by atoms with Gasteiger partial charge in [0.25, 0.3) is 5.91 Å². The van der Waals surface area contributed by atoms with Crippen LogP contribution in [0.25, 0.3) is 0 Å². The van der Waals surface area contributed by atoms with Gasteiger partial charge >= 0.3 is 0 Å². The highest BCUT2D eigenvalue weighted by atomic mass is 79.9. The fraction of sp³-hybridized carbons (Fsp3) is 0.125. The minimum atomic E-state index is -0.338. The van der Waals surface area contributed by atoms with Gasteiger partial charge in [-0.05, 0) is 58.7 Å². The summed E-state index contributed by atoms with van der Waals surface area (Å²) >= 11 is 6.72. The minimum absolute atomic E-state index is 0.126. The summed E-state index contributed by atoms with van der Waals surface area (Å²) in [7, 11) is 0. The number of carbonyl (C=O) groups is 1. The van der Waals surface area contributed by atoms with Crippen LogP contribution in [0.15, 0.2) is 56.5 Å². The highest BCUT2D eigenvalue weighted by molar-refractivity contribution is 9.11. The number of halogens is 2. The first kappa shape index (κ1) is 17.5. The van der Waals surface area contributed by atoms with Gasteiger partial charge in [-0.2, -0.15) is 5.10 Å². The molecule has 120 valence electrons. The van der Waals surface area contributed by atoms with Crippen molar-refractivity contribution in [3.05, 3.63) is 57.0 Å². The zero-order valence-electron chi connectivity index (χ0n) is 12.3. The molecule has 2 rings (SSSR count). The standard InChI is InChI=1S/C16H15Br2N3O2/c1-10(11-2-5-13(19)6-3-11)20-21-16(22)9-23-15-7-4-12(17)8-14(15)18/h2-8H,9,19H2,1H3,(H,21,22). The van der Waals surface area contributed by atoms with E-state index in [0.29, 0.717) is 17.1 Å². The van der Waals surface area contributed by atoms with Crippen molar-refractivity contribution in [2.24, 2.45) is 5.10 Å². The van der Waals surface area contributed by atoms with Gasteiger partial charge in [0.05, 0.1) is 10.2 Å². The first-order chi connectivity index (χ1) is 11.0. The Bertz CT molecular complexity index is 731. The molecule has 2 aromatic rings. The lowest BCUT2D eigenvalue weighted by atomic mass is 10.1. The maximum absolute atomic E-state index is 11.8. The summed E-state index contributed by atoms with van der Waals surface area (Å²) < 4.78 is 7.13. The number of anilines is 1. The number of amides is 1. The lowest BCUT2D eigenvalue weighted by molar-refractivity contribution is -0.123. The minimum Gasteiger partial charge on any atom is -0.483 e. The molecule has 5 nitrogen and oxygen atoms in total. The molecular weight excluding hydrogens is 426 g/mol. The summed E-state index contributed by atoms with van der Waals surface area (Å²) in [6.45, 7) is 1.68. The van der Waals surface area contributed by atoms with E-state index in [0.717, 1.165) is 14.5 Å². The molecule has 0 radical (unpaired) electrons. The van der Waals surface area contributed by atoms with E-state index in [1.165, 1.54) is 0 Å². The molecule has 1 amide bonds. The Balaban J connectivity index is 1.89. The molecule has 0 aliphatic heterocycles. The molecule has 23 heavy (non-hydrogen) atoms. The van der Waals surface area contributed by atoms with E-state index >= 15 is 0 Å². The Morgan fingerprint density at radius 2 is 1.91 bits per heavy atom. The number of nitrogen functional groups attached to an aromatic ring is 1. The van der Waals surface area contributed by atoms with Crippen molar-refractivity contribution in [3.8, 4) is 5.75 Å². The van der Waals surface area contributed by atoms with Crippen LogP contribution in [0.3, 0.4) is 0 Å². The number of nitrogens with two attached hydrogens (primary N) is 1. The van der Waals surface area contributed by atoms with Crippen LogP contribution in [0.1, 0.15) is 12.5 Å². The Hall–Kier alpha value is -1.86. The van der Waals surface area contributed by atoms with E-state index in [2.05, 4.69) is 42.4 Å². The summed E-state index contributed by atoms with van der Waals surface area (Å²) in [5.41, 5.74) is 10.3. The number of nitrogens with zero attached hydrogens (tertiary/aromatic N) is 1. The van der Waals surface area contributed by atoms with Crippen LogP contribution in [0, 0.1) is 0 Å². The summed E-state index contributed by atoms with van der Waals surface area (Å²) in [6.07, 6.45) is 0. The van der Waals surface area contributed by atoms with Crippen LogP contribution in [0.2, 0.25) is 0 Å². The topological polar surface area (TPSA) is 76.7 Å². The fourth-order valence-corrected chi connectivity index (χ4v) is 2.86. The van der Waals surface area contributed by atoms with Crippen LogP contribution >= 0.6 is 31.9 Å². The third-order valence-electron chi connectivity index (χ3n) is 2.93. The van der Waals surface area contributed by atoms with Crippen LogP contribution < -0.4 is 15.9 Å². The van der Waals surface area contributed by atoms with Gasteiger partial charge in [-0.3, -0.25) is 4.79 Å². The van der Waals surface area contributed by atoms with Crippen molar-refractivity contribution in [2.45, 2.75) is 6.92 Å². The zero-order chi connectivity index (χ0) is 16.8. The predicted molar refractivity (Wildman–Crippen MR) is 98.5 cm³/mol. The summed E-state index contributed by atoms with van der Waals surface area (Å²) in [6, 6.07) is 12.7. The molecule has 0 saturated heterocycles. The molecular formula is C16H15Br2N3O2.